The molecule has 5 N–H and O–H groups in total. The fourth-order valence-corrected chi connectivity index (χ4v) is 8.51. The van der Waals surface area contributed by atoms with Crippen LogP contribution in [0.2, 0.25) is 0 Å². The molecule has 332 valence electrons. The zero-order valence-corrected chi connectivity index (χ0v) is 36.9. The van der Waals surface area contributed by atoms with Crippen LogP contribution in [0, 0.1) is 12.8 Å². The van der Waals surface area contributed by atoms with Crippen LogP contribution in [0.25, 0.3) is 11.0 Å². The summed E-state index contributed by atoms with van der Waals surface area (Å²) in [5.41, 5.74) is 17.4. The molecule has 0 spiro atoms. The van der Waals surface area contributed by atoms with Gasteiger partial charge in [0, 0.05) is 67.8 Å². The van der Waals surface area contributed by atoms with Gasteiger partial charge in [0.15, 0.2) is 6.54 Å². The number of nitrogens with one attached hydrogen (secondary N) is 1. The number of aromatic nitrogens is 4. The van der Waals surface area contributed by atoms with E-state index in [4.69, 9.17) is 30.7 Å². The summed E-state index contributed by atoms with van der Waals surface area (Å²) in [4.78, 5) is 66.4. The van der Waals surface area contributed by atoms with Crippen LogP contribution in [-0.4, -0.2) is 102 Å². The van der Waals surface area contributed by atoms with E-state index in [0.717, 1.165) is 49.3 Å². The third-order valence-electron chi connectivity index (χ3n) is 11.8. The monoisotopic (exact) mass is 861 g/mol. The molecule has 63 heavy (non-hydrogen) atoms. The Morgan fingerprint density at radius 3 is 2.41 bits per heavy atom. The van der Waals surface area contributed by atoms with Gasteiger partial charge in [0.05, 0.1) is 50.9 Å². The van der Waals surface area contributed by atoms with Gasteiger partial charge in [0.25, 0.3) is 11.6 Å². The maximum atomic E-state index is 13.9. The molecular formula is C46H57N10O7+. The van der Waals surface area contributed by atoms with Crippen LogP contribution in [0.3, 0.4) is 0 Å². The summed E-state index contributed by atoms with van der Waals surface area (Å²) in [6.45, 7) is 13.2. The largest absolute Gasteiger partial charge is 0.495 e. The van der Waals surface area contributed by atoms with E-state index >= 15 is 0 Å². The molecule has 4 heterocycles. The minimum Gasteiger partial charge on any atom is -0.495 e. The third-order valence-corrected chi connectivity index (χ3v) is 11.8. The predicted molar refractivity (Wildman–Crippen MR) is 239 cm³/mol. The number of aryl methyl sites for hydroxylation is 1. The summed E-state index contributed by atoms with van der Waals surface area (Å²) < 4.78 is 23.3. The maximum absolute atomic E-state index is 13.9. The highest BCUT2D eigenvalue weighted by atomic mass is 16.5. The lowest BCUT2D eigenvalue weighted by atomic mass is 9.99. The van der Waals surface area contributed by atoms with E-state index in [2.05, 4.69) is 21.3 Å². The number of nitrogens with two attached hydrogens (primary N) is 2. The number of morpholine rings is 1. The van der Waals surface area contributed by atoms with Crippen LogP contribution in [0.15, 0.2) is 70.8 Å². The Morgan fingerprint density at radius 2 is 1.71 bits per heavy atom. The van der Waals surface area contributed by atoms with Crippen LogP contribution in [-0.2, 0) is 36.1 Å². The lowest BCUT2D eigenvalue weighted by Gasteiger charge is -2.26. The van der Waals surface area contributed by atoms with Gasteiger partial charge in [-0.2, -0.15) is 9.67 Å². The third kappa shape index (κ3) is 9.44. The molecule has 1 saturated heterocycles. The van der Waals surface area contributed by atoms with Crippen molar-refractivity contribution in [3.8, 4) is 11.5 Å². The molecular weight excluding hydrogens is 805 g/mol. The molecule has 2 aromatic carbocycles. The van der Waals surface area contributed by atoms with Crippen molar-refractivity contribution in [2.75, 3.05) is 63.3 Å². The van der Waals surface area contributed by atoms with Gasteiger partial charge in [-0.15, -0.1) is 4.68 Å². The van der Waals surface area contributed by atoms with Crippen LogP contribution in [0.1, 0.15) is 76.1 Å². The number of benzene rings is 2. The number of aliphatic imine (C=N–C) groups is 1. The van der Waals surface area contributed by atoms with Crippen molar-refractivity contribution < 1.29 is 38.1 Å². The van der Waals surface area contributed by atoms with Crippen molar-refractivity contribution in [2.24, 2.45) is 29.4 Å². The van der Waals surface area contributed by atoms with Gasteiger partial charge < -0.3 is 35.1 Å². The van der Waals surface area contributed by atoms with Gasteiger partial charge in [-0.1, -0.05) is 36.8 Å². The van der Waals surface area contributed by atoms with Gasteiger partial charge in [-0.25, -0.2) is 4.98 Å². The summed E-state index contributed by atoms with van der Waals surface area (Å²) in [5.74, 6) is -0.402. The lowest BCUT2D eigenvalue weighted by Crippen LogP contribution is -2.45. The zero-order chi connectivity index (χ0) is 44.9. The summed E-state index contributed by atoms with van der Waals surface area (Å²) >= 11 is 0. The first-order valence-corrected chi connectivity index (χ1v) is 21.4. The van der Waals surface area contributed by atoms with Crippen molar-refractivity contribution in [2.45, 2.75) is 60.0 Å². The van der Waals surface area contributed by atoms with Crippen LogP contribution < -0.4 is 35.8 Å². The van der Waals surface area contributed by atoms with E-state index in [1.165, 1.54) is 7.11 Å². The zero-order valence-electron chi connectivity index (χ0n) is 36.9. The van der Waals surface area contributed by atoms with Gasteiger partial charge in [0.2, 0.25) is 17.8 Å². The molecule has 3 aliphatic rings. The van der Waals surface area contributed by atoms with Crippen molar-refractivity contribution in [3.63, 3.8) is 0 Å². The maximum Gasteiger partial charge on any atom is 0.345 e. The quantitative estimate of drug-likeness (QED) is 0.0791. The fourth-order valence-electron chi connectivity index (χ4n) is 8.51. The molecule has 2 aromatic heterocycles. The Kier molecular flexibility index (Phi) is 13.6. The Morgan fingerprint density at radius 1 is 1.00 bits per heavy atom. The molecule has 0 bridgehead atoms. The number of amidine groups is 1. The fraction of sp³-hybridized carbons (Fsp3) is 0.413. The molecule has 4 amide bonds. The number of hydrogen-bond donors (Lipinski definition) is 3. The van der Waals surface area contributed by atoms with Crippen molar-refractivity contribution >= 4 is 52.1 Å². The van der Waals surface area contributed by atoms with Gasteiger partial charge in [-0.05, 0) is 63.4 Å². The first kappa shape index (κ1) is 44.5. The van der Waals surface area contributed by atoms with E-state index in [9.17, 15) is 19.2 Å². The molecule has 17 heteroatoms. The molecule has 1 aliphatic carbocycles. The molecule has 7 rings (SSSR count). The topological polar surface area (TPSA) is 206 Å². The normalized spacial score (nSPS) is 17.1. The highest BCUT2D eigenvalue weighted by molar-refractivity contribution is 6.13. The second-order valence-corrected chi connectivity index (χ2v) is 15.9. The molecule has 1 atom stereocenters. The lowest BCUT2D eigenvalue weighted by molar-refractivity contribution is -0.772. The molecule has 0 saturated carbocycles. The number of carbonyl (C=O) groups is 4. The molecule has 17 nitrogen and oxygen atoms in total. The van der Waals surface area contributed by atoms with E-state index in [1.54, 1.807) is 24.3 Å². The predicted octanol–water partition coefficient (Wildman–Crippen LogP) is 4.01. The number of primary amides is 2. The summed E-state index contributed by atoms with van der Waals surface area (Å²) in [6.07, 6.45) is 9.56. The van der Waals surface area contributed by atoms with Crippen molar-refractivity contribution in [3.05, 3.63) is 93.9 Å². The minimum absolute atomic E-state index is 0.0326. The number of hydrogen-bond acceptors (Lipinski definition) is 9. The number of rotatable bonds is 17. The second-order valence-electron chi connectivity index (χ2n) is 15.9. The highest BCUT2D eigenvalue weighted by Gasteiger charge is 2.33. The Bertz CT molecular complexity index is 2580. The summed E-state index contributed by atoms with van der Waals surface area (Å²) in [6, 6.07) is 8.34. The second kappa shape index (κ2) is 19.2. The van der Waals surface area contributed by atoms with Crippen LogP contribution in [0.4, 0.5) is 11.6 Å². The smallest absolute Gasteiger partial charge is 0.345 e. The van der Waals surface area contributed by atoms with Gasteiger partial charge >= 0.3 is 5.91 Å². The number of nitrogens with zero attached hydrogens (tertiary/aromatic N) is 7. The number of anilines is 2. The number of amides is 4. The molecule has 1 fully saturated rings. The number of fused-ring (bicyclic) bond motifs is 2. The Balaban J connectivity index is 1.24. The summed E-state index contributed by atoms with van der Waals surface area (Å²) in [7, 11) is 3.41. The number of carbonyl (C=O) groups excluding carboxylic acids is 4. The Hall–Kier alpha value is -6.59. The average molecular weight is 862 g/mol. The first-order chi connectivity index (χ1) is 30.3. The summed E-state index contributed by atoms with van der Waals surface area (Å²) in [5, 5.41) is 3.06. The van der Waals surface area contributed by atoms with Crippen LogP contribution >= 0.6 is 0 Å². The first-order valence-electron chi connectivity index (χ1n) is 21.4. The van der Waals surface area contributed by atoms with E-state index in [0.29, 0.717) is 71.7 Å². The SMILES string of the molecule is CCC1C=C(C)C=C1C(=O)Nc1nc2cc(C(N)=O)cc(OCCCN3CCOCC3)c2n1C/C=C/CN1C(=NC(=O)c2cc(C)n(C)[n+]2CC)Cc2cc(C(N)=O)cc(OC)c21. The molecule has 2 aliphatic heterocycles. The van der Waals surface area contributed by atoms with E-state index in [-0.39, 0.29) is 48.4 Å². The van der Waals surface area contributed by atoms with Crippen molar-refractivity contribution in [1.29, 1.82) is 0 Å². The van der Waals surface area contributed by atoms with E-state index in [1.807, 2.05) is 77.9 Å². The molecule has 0 radical (unpaired) electrons. The van der Waals surface area contributed by atoms with Crippen molar-refractivity contribution in [1.82, 2.24) is 19.1 Å². The number of allylic oxidation sites excluding steroid dienone is 4. The number of methoxy groups -OCH3 is 1. The number of imidazole rings is 1. The highest BCUT2D eigenvalue weighted by Crippen LogP contribution is 2.40. The molecule has 4 aromatic rings. The average Bonchev–Trinajstić information content (AvgIpc) is 4.01. The molecule has 1 unspecified atom stereocenters. The number of ether oxygens (including phenoxy) is 3. The minimum atomic E-state index is -0.634. The Labute approximate surface area is 366 Å². The van der Waals surface area contributed by atoms with Crippen LogP contribution in [0.5, 0.6) is 11.5 Å². The van der Waals surface area contributed by atoms with Gasteiger partial charge in [0.1, 0.15) is 22.9 Å². The van der Waals surface area contributed by atoms with E-state index < -0.39 is 17.7 Å². The standard InChI is InChI=1S/C46H56N10O7/c1-7-30-20-28(3)21-34(30)44(59)51-46-49-35-24-33(43(48)58)26-38(63-17-11-12-53-15-18-62-19-16-53)41(35)55(46)14-10-9-13-54-39(50-45(60)36-22-29(4)52(5)56(36)8-2)27-31-23-32(42(47)57)25-37(61-6)40(31)54/h9-10,20-26,30H,7-8,11-19,27H2,1-6H3,(H4-,47,48,49,51,57,58,59)/p+1/b10-9+,50-39?. The van der Waals surface area contributed by atoms with Gasteiger partial charge in [-0.3, -0.25) is 29.4 Å².